The van der Waals surface area contributed by atoms with Crippen LogP contribution in [0.3, 0.4) is 0 Å². The average molecular weight is 216 g/mol. The zero-order valence-electron chi connectivity index (χ0n) is 8.73. The molecule has 2 heterocycles. The van der Waals surface area contributed by atoms with Gasteiger partial charge in [0.05, 0.1) is 5.56 Å². The minimum atomic E-state index is -0.214. The predicted octanol–water partition coefficient (Wildman–Crippen LogP) is 0.644. The molecular formula is C11H12N4O. The molecule has 0 spiro atoms. The van der Waals surface area contributed by atoms with Crippen molar-refractivity contribution in [2.24, 2.45) is 0 Å². The minimum Gasteiger partial charge on any atom is -0.358 e. The second-order valence-corrected chi connectivity index (χ2v) is 3.67. The van der Waals surface area contributed by atoms with E-state index in [0.717, 1.165) is 19.4 Å². The lowest BCUT2D eigenvalue weighted by atomic mass is 10.1. The first kappa shape index (κ1) is 10.4. The van der Waals surface area contributed by atoms with Crippen LogP contribution in [-0.4, -0.2) is 23.5 Å². The molecule has 0 aromatic carbocycles. The van der Waals surface area contributed by atoms with Crippen LogP contribution >= 0.6 is 0 Å². The third-order valence-corrected chi connectivity index (χ3v) is 2.50. The Kier molecular flexibility index (Phi) is 3.01. The molecular weight excluding hydrogens is 204 g/mol. The summed E-state index contributed by atoms with van der Waals surface area (Å²) in [5.74, 6) is 0.637. The van der Waals surface area contributed by atoms with Crippen molar-refractivity contribution in [1.29, 1.82) is 5.26 Å². The summed E-state index contributed by atoms with van der Waals surface area (Å²) in [6.07, 6.45) is 3.27. The lowest BCUT2D eigenvalue weighted by molar-refractivity contribution is -0.123. The summed E-state index contributed by atoms with van der Waals surface area (Å²) in [7, 11) is 0. The highest BCUT2D eigenvalue weighted by atomic mass is 16.2. The largest absolute Gasteiger partial charge is 0.358 e. The molecule has 1 amide bonds. The summed E-state index contributed by atoms with van der Waals surface area (Å²) in [5, 5.41) is 14.5. The molecule has 2 N–H and O–H groups in total. The number of pyridine rings is 1. The van der Waals surface area contributed by atoms with Crippen molar-refractivity contribution in [3.8, 4) is 6.07 Å². The van der Waals surface area contributed by atoms with Crippen molar-refractivity contribution >= 4 is 11.7 Å². The molecule has 2 rings (SSSR count). The summed E-state index contributed by atoms with van der Waals surface area (Å²) >= 11 is 0. The second kappa shape index (κ2) is 4.62. The first-order valence-corrected chi connectivity index (χ1v) is 5.20. The molecule has 1 unspecified atom stereocenters. The van der Waals surface area contributed by atoms with Crippen LogP contribution < -0.4 is 10.6 Å². The van der Waals surface area contributed by atoms with E-state index in [1.165, 1.54) is 6.20 Å². The molecule has 0 saturated carbocycles. The highest BCUT2D eigenvalue weighted by molar-refractivity contribution is 5.84. The molecule has 1 fully saturated rings. The number of anilines is 1. The number of carbonyl (C=O) groups is 1. The monoisotopic (exact) mass is 216 g/mol. The van der Waals surface area contributed by atoms with Crippen LogP contribution in [0.4, 0.5) is 5.82 Å². The molecule has 1 aromatic rings. The predicted molar refractivity (Wildman–Crippen MR) is 58.6 cm³/mol. The van der Waals surface area contributed by atoms with Crippen LogP contribution in [0.25, 0.3) is 0 Å². The van der Waals surface area contributed by atoms with Crippen LogP contribution in [0.5, 0.6) is 0 Å². The molecule has 82 valence electrons. The minimum absolute atomic E-state index is 0.0115. The summed E-state index contributed by atoms with van der Waals surface area (Å²) in [6.45, 7) is 0.748. The SMILES string of the molecule is N#Cc1ccc(NC2CCCNC2=O)nc1. The molecule has 5 nitrogen and oxygen atoms in total. The molecule has 1 aromatic heterocycles. The number of aromatic nitrogens is 1. The fourth-order valence-electron chi connectivity index (χ4n) is 1.63. The lowest BCUT2D eigenvalue weighted by Crippen LogP contribution is -2.44. The van der Waals surface area contributed by atoms with Crippen molar-refractivity contribution in [2.45, 2.75) is 18.9 Å². The molecule has 1 atom stereocenters. The average Bonchev–Trinajstić information content (AvgIpc) is 2.33. The topological polar surface area (TPSA) is 77.8 Å². The first-order chi connectivity index (χ1) is 7.79. The quantitative estimate of drug-likeness (QED) is 0.760. The van der Waals surface area contributed by atoms with Gasteiger partial charge in [-0.3, -0.25) is 4.79 Å². The summed E-state index contributed by atoms with van der Waals surface area (Å²) < 4.78 is 0. The van der Waals surface area contributed by atoms with E-state index in [1.54, 1.807) is 12.1 Å². The van der Waals surface area contributed by atoms with Gasteiger partial charge in [-0.2, -0.15) is 5.26 Å². The van der Waals surface area contributed by atoms with E-state index >= 15 is 0 Å². The first-order valence-electron chi connectivity index (χ1n) is 5.20. The third kappa shape index (κ3) is 2.28. The molecule has 1 aliphatic rings. The molecule has 1 saturated heterocycles. The van der Waals surface area contributed by atoms with E-state index in [-0.39, 0.29) is 11.9 Å². The standard InChI is InChI=1S/C11H12N4O/c12-6-8-3-4-10(14-7-8)15-9-2-1-5-13-11(9)16/h3-4,7,9H,1-2,5H2,(H,13,16)(H,14,15). The van der Waals surface area contributed by atoms with Crippen LogP contribution in [0.2, 0.25) is 0 Å². The van der Waals surface area contributed by atoms with Crippen molar-refractivity contribution in [1.82, 2.24) is 10.3 Å². The van der Waals surface area contributed by atoms with Gasteiger partial charge >= 0.3 is 0 Å². The van der Waals surface area contributed by atoms with Gasteiger partial charge in [-0.15, -0.1) is 0 Å². The number of carbonyl (C=O) groups excluding carboxylic acids is 1. The van der Waals surface area contributed by atoms with E-state index in [4.69, 9.17) is 5.26 Å². The van der Waals surface area contributed by atoms with E-state index in [1.807, 2.05) is 6.07 Å². The van der Waals surface area contributed by atoms with Gasteiger partial charge in [0.2, 0.25) is 5.91 Å². The fourth-order valence-corrected chi connectivity index (χ4v) is 1.63. The maximum Gasteiger partial charge on any atom is 0.242 e. The Labute approximate surface area is 93.5 Å². The molecule has 5 heteroatoms. The highest BCUT2D eigenvalue weighted by Crippen LogP contribution is 2.11. The number of hydrogen-bond acceptors (Lipinski definition) is 4. The Morgan fingerprint density at radius 2 is 2.44 bits per heavy atom. The zero-order valence-corrected chi connectivity index (χ0v) is 8.73. The number of amides is 1. The lowest BCUT2D eigenvalue weighted by Gasteiger charge is -2.23. The van der Waals surface area contributed by atoms with Crippen molar-refractivity contribution < 1.29 is 4.79 Å². The molecule has 0 bridgehead atoms. The van der Waals surface area contributed by atoms with Crippen LogP contribution in [0, 0.1) is 11.3 Å². The second-order valence-electron chi connectivity index (χ2n) is 3.67. The van der Waals surface area contributed by atoms with Crippen molar-refractivity contribution in [3.05, 3.63) is 23.9 Å². The van der Waals surface area contributed by atoms with Gasteiger partial charge < -0.3 is 10.6 Å². The highest BCUT2D eigenvalue weighted by Gasteiger charge is 2.21. The van der Waals surface area contributed by atoms with Crippen LogP contribution in [-0.2, 0) is 4.79 Å². The maximum absolute atomic E-state index is 11.5. The zero-order chi connectivity index (χ0) is 11.4. The van der Waals surface area contributed by atoms with Gasteiger partial charge in [-0.05, 0) is 25.0 Å². The number of hydrogen-bond donors (Lipinski definition) is 2. The van der Waals surface area contributed by atoms with Gasteiger partial charge in [0.1, 0.15) is 17.9 Å². The molecule has 1 aliphatic heterocycles. The van der Waals surface area contributed by atoms with E-state index in [2.05, 4.69) is 15.6 Å². The van der Waals surface area contributed by atoms with Gasteiger partial charge in [-0.25, -0.2) is 4.98 Å². The summed E-state index contributed by atoms with van der Waals surface area (Å²) in [4.78, 5) is 15.5. The summed E-state index contributed by atoms with van der Waals surface area (Å²) in [5.41, 5.74) is 0.513. The van der Waals surface area contributed by atoms with Gasteiger partial charge in [0.25, 0.3) is 0 Å². The van der Waals surface area contributed by atoms with E-state index < -0.39 is 0 Å². The maximum atomic E-state index is 11.5. The molecule has 16 heavy (non-hydrogen) atoms. The Hall–Kier alpha value is -2.09. The van der Waals surface area contributed by atoms with Gasteiger partial charge in [-0.1, -0.05) is 0 Å². The molecule has 0 aliphatic carbocycles. The summed E-state index contributed by atoms with van der Waals surface area (Å²) in [6, 6.07) is 5.17. The number of nitrogens with zero attached hydrogens (tertiary/aromatic N) is 2. The van der Waals surface area contributed by atoms with E-state index in [9.17, 15) is 4.79 Å². The Bertz CT molecular complexity index is 421. The number of nitrogens with one attached hydrogen (secondary N) is 2. The van der Waals surface area contributed by atoms with Gasteiger partial charge in [0.15, 0.2) is 0 Å². The Morgan fingerprint density at radius 1 is 1.56 bits per heavy atom. The number of nitriles is 1. The van der Waals surface area contributed by atoms with E-state index in [0.29, 0.717) is 11.4 Å². The van der Waals surface area contributed by atoms with Gasteiger partial charge in [0, 0.05) is 12.7 Å². The Balaban J connectivity index is 2.03. The van der Waals surface area contributed by atoms with Crippen molar-refractivity contribution in [3.63, 3.8) is 0 Å². The van der Waals surface area contributed by atoms with Crippen LogP contribution in [0.15, 0.2) is 18.3 Å². The number of piperidine rings is 1. The molecule has 0 radical (unpaired) electrons. The normalized spacial score (nSPS) is 19.7. The van der Waals surface area contributed by atoms with Crippen molar-refractivity contribution in [2.75, 3.05) is 11.9 Å². The third-order valence-electron chi connectivity index (χ3n) is 2.50. The van der Waals surface area contributed by atoms with Crippen LogP contribution in [0.1, 0.15) is 18.4 Å². The smallest absolute Gasteiger partial charge is 0.242 e. The fraction of sp³-hybridized carbons (Fsp3) is 0.364. The Morgan fingerprint density at radius 3 is 3.06 bits per heavy atom. The number of rotatable bonds is 2.